The van der Waals surface area contributed by atoms with Crippen LogP contribution in [0.2, 0.25) is 5.02 Å². The molecule has 0 saturated heterocycles. The number of phenolic OH excluding ortho intramolecular Hbond substituents is 1. The van der Waals surface area contributed by atoms with Crippen molar-refractivity contribution in [2.75, 3.05) is 11.0 Å². The molecular formula is C11H10ClNO3S. The van der Waals surface area contributed by atoms with Gasteiger partial charge in [0.2, 0.25) is 10.0 Å². The van der Waals surface area contributed by atoms with Crippen LogP contribution in [0.5, 0.6) is 5.75 Å². The highest BCUT2D eigenvalue weighted by atomic mass is 35.5. The van der Waals surface area contributed by atoms with Gasteiger partial charge in [0.1, 0.15) is 5.75 Å². The Morgan fingerprint density at radius 2 is 1.82 bits per heavy atom. The minimum Gasteiger partial charge on any atom is -0.506 e. The third-order valence-corrected chi connectivity index (χ3v) is 3.14. The van der Waals surface area contributed by atoms with Gasteiger partial charge in [-0.25, -0.2) is 8.42 Å². The van der Waals surface area contributed by atoms with Crippen LogP contribution in [0.1, 0.15) is 0 Å². The van der Waals surface area contributed by atoms with E-state index in [2.05, 4.69) is 4.72 Å². The molecule has 0 aliphatic heterocycles. The topological polar surface area (TPSA) is 66.4 Å². The van der Waals surface area contributed by atoms with Crippen LogP contribution in [-0.2, 0) is 10.0 Å². The maximum absolute atomic E-state index is 11.2. The Kier molecular flexibility index (Phi) is 2.89. The highest BCUT2D eigenvalue weighted by Crippen LogP contribution is 2.37. The van der Waals surface area contributed by atoms with Gasteiger partial charge in [0.05, 0.1) is 17.0 Å². The normalized spacial score (nSPS) is 11.6. The molecule has 0 aliphatic rings. The summed E-state index contributed by atoms with van der Waals surface area (Å²) in [5.74, 6) is -0.0543. The molecule has 0 unspecified atom stereocenters. The molecule has 2 aromatic rings. The van der Waals surface area contributed by atoms with Crippen LogP contribution in [0.25, 0.3) is 10.8 Å². The van der Waals surface area contributed by atoms with E-state index in [0.717, 1.165) is 6.26 Å². The number of rotatable bonds is 2. The van der Waals surface area contributed by atoms with E-state index in [0.29, 0.717) is 16.5 Å². The second-order valence-electron chi connectivity index (χ2n) is 3.67. The third-order valence-electron chi connectivity index (χ3n) is 2.26. The van der Waals surface area contributed by atoms with E-state index in [4.69, 9.17) is 11.6 Å². The number of fused-ring (bicyclic) bond motifs is 1. The van der Waals surface area contributed by atoms with Crippen molar-refractivity contribution in [2.24, 2.45) is 0 Å². The second-order valence-corrected chi connectivity index (χ2v) is 5.83. The first-order chi connectivity index (χ1) is 7.88. The summed E-state index contributed by atoms with van der Waals surface area (Å²) in [6, 6.07) is 8.26. The predicted molar refractivity (Wildman–Crippen MR) is 69.1 cm³/mol. The van der Waals surface area contributed by atoms with Crippen LogP contribution in [-0.4, -0.2) is 19.8 Å². The van der Waals surface area contributed by atoms with Gasteiger partial charge >= 0.3 is 0 Å². The van der Waals surface area contributed by atoms with Crippen molar-refractivity contribution >= 4 is 38.1 Å². The van der Waals surface area contributed by atoms with Crippen LogP contribution in [0, 0.1) is 0 Å². The van der Waals surface area contributed by atoms with Gasteiger partial charge in [-0.3, -0.25) is 4.72 Å². The van der Waals surface area contributed by atoms with E-state index in [-0.39, 0.29) is 10.8 Å². The van der Waals surface area contributed by atoms with Crippen molar-refractivity contribution < 1.29 is 13.5 Å². The van der Waals surface area contributed by atoms with Crippen LogP contribution < -0.4 is 4.72 Å². The summed E-state index contributed by atoms with van der Waals surface area (Å²) in [6.07, 6.45) is 1.06. The maximum Gasteiger partial charge on any atom is 0.229 e. The summed E-state index contributed by atoms with van der Waals surface area (Å²) >= 11 is 5.84. The van der Waals surface area contributed by atoms with Crippen molar-refractivity contribution in [3.8, 4) is 5.75 Å². The fraction of sp³-hybridized carbons (Fsp3) is 0.0909. The summed E-state index contributed by atoms with van der Waals surface area (Å²) < 4.78 is 24.8. The van der Waals surface area contributed by atoms with Gasteiger partial charge in [0.15, 0.2) is 0 Å². The molecule has 2 N–H and O–H groups in total. The number of aromatic hydroxyl groups is 1. The van der Waals surface area contributed by atoms with Gasteiger partial charge < -0.3 is 5.11 Å². The number of sulfonamides is 1. The predicted octanol–water partition coefficient (Wildman–Crippen LogP) is 2.57. The number of hydrogen-bond donors (Lipinski definition) is 2. The molecule has 0 spiro atoms. The largest absolute Gasteiger partial charge is 0.506 e. The third kappa shape index (κ3) is 2.45. The van der Waals surface area contributed by atoms with E-state index in [1.54, 1.807) is 24.3 Å². The molecule has 6 heteroatoms. The lowest BCUT2D eigenvalue weighted by atomic mass is 10.1. The summed E-state index contributed by atoms with van der Waals surface area (Å²) in [7, 11) is -3.39. The Balaban J connectivity index is 2.76. The molecule has 0 radical (unpaired) electrons. The lowest BCUT2D eigenvalue weighted by Gasteiger charge is -2.10. The smallest absolute Gasteiger partial charge is 0.229 e. The number of phenols is 1. The Hall–Kier alpha value is -1.46. The van der Waals surface area contributed by atoms with E-state index in [1.165, 1.54) is 6.07 Å². The lowest BCUT2D eigenvalue weighted by molar-refractivity contribution is 0.482. The molecule has 0 aromatic heterocycles. The van der Waals surface area contributed by atoms with Crippen molar-refractivity contribution in [1.82, 2.24) is 0 Å². The molecule has 0 fully saturated rings. The minimum atomic E-state index is -3.39. The SMILES string of the molecule is CS(=O)(=O)Nc1cc(Cl)c(O)c2ccccc12. The standard InChI is InChI=1S/C11H10ClNO3S/c1-17(15,16)13-10-6-9(12)11(14)8-5-3-2-4-7(8)10/h2-6,13-14H,1H3. The highest BCUT2D eigenvalue weighted by molar-refractivity contribution is 7.92. The Morgan fingerprint density at radius 1 is 1.24 bits per heavy atom. The van der Waals surface area contributed by atoms with Crippen molar-refractivity contribution in [3.63, 3.8) is 0 Å². The van der Waals surface area contributed by atoms with E-state index in [1.807, 2.05) is 0 Å². The zero-order valence-corrected chi connectivity index (χ0v) is 10.5. The van der Waals surface area contributed by atoms with Crippen LogP contribution in [0.4, 0.5) is 5.69 Å². The second kappa shape index (κ2) is 4.09. The van der Waals surface area contributed by atoms with E-state index >= 15 is 0 Å². The average molecular weight is 272 g/mol. The summed E-state index contributed by atoms with van der Waals surface area (Å²) in [6.45, 7) is 0. The molecule has 2 rings (SSSR count). The summed E-state index contributed by atoms with van der Waals surface area (Å²) in [5, 5.41) is 11.0. The molecule has 0 heterocycles. The fourth-order valence-corrected chi connectivity index (χ4v) is 2.39. The number of hydrogen-bond acceptors (Lipinski definition) is 3. The van der Waals surface area contributed by atoms with Crippen molar-refractivity contribution in [2.45, 2.75) is 0 Å². The van der Waals surface area contributed by atoms with Gasteiger partial charge in [0, 0.05) is 10.8 Å². The van der Waals surface area contributed by atoms with Crippen molar-refractivity contribution in [3.05, 3.63) is 35.4 Å². The molecule has 0 atom stereocenters. The summed E-state index contributed by atoms with van der Waals surface area (Å²) in [4.78, 5) is 0. The van der Waals surface area contributed by atoms with Gasteiger partial charge in [-0.15, -0.1) is 0 Å². The van der Waals surface area contributed by atoms with E-state index < -0.39 is 10.0 Å². The first-order valence-electron chi connectivity index (χ1n) is 4.76. The number of anilines is 1. The minimum absolute atomic E-state index is 0.0543. The molecule has 90 valence electrons. The van der Waals surface area contributed by atoms with Crippen LogP contribution in [0.15, 0.2) is 30.3 Å². The molecule has 0 saturated carbocycles. The number of nitrogens with one attached hydrogen (secondary N) is 1. The molecule has 17 heavy (non-hydrogen) atoms. The fourth-order valence-electron chi connectivity index (χ4n) is 1.61. The number of benzene rings is 2. The first-order valence-corrected chi connectivity index (χ1v) is 7.03. The van der Waals surface area contributed by atoms with Gasteiger partial charge in [-0.1, -0.05) is 35.9 Å². The molecule has 0 aliphatic carbocycles. The van der Waals surface area contributed by atoms with Crippen LogP contribution in [0.3, 0.4) is 0 Å². The summed E-state index contributed by atoms with van der Waals surface area (Å²) in [5.41, 5.74) is 0.353. The van der Waals surface area contributed by atoms with Gasteiger partial charge in [-0.05, 0) is 6.07 Å². The zero-order chi connectivity index (χ0) is 12.6. The lowest BCUT2D eigenvalue weighted by Crippen LogP contribution is -2.09. The van der Waals surface area contributed by atoms with E-state index in [9.17, 15) is 13.5 Å². The molecule has 0 bridgehead atoms. The Labute approximate surface area is 104 Å². The average Bonchev–Trinajstić information content (AvgIpc) is 2.24. The first kappa shape index (κ1) is 12.0. The van der Waals surface area contributed by atoms with Gasteiger partial charge in [0.25, 0.3) is 0 Å². The monoisotopic (exact) mass is 271 g/mol. The number of halogens is 1. The van der Waals surface area contributed by atoms with Crippen molar-refractivity contribution in [1.29, 1.82) is 0 Å². The zero-order valence-electron chi connectivity index (χ0n) is 8.94. The maximum atomic E-state index is 11.2. The molecule has 2 aromatic carbocycles. The Bertz CT molecular complexity index is 682. The Morgan fingerprint density at radius 3 is 2.41 bits per heavy atom. The molecular weight excluding hydrogens is 262 g/mol. The quantitative estimate of drug-likeness (QED) is 0.825. The molecule has 4 nitrogen and oxygen atoms in total. The highest BCUT2D eigenvalue weighted by Gasteiger charge is 2.12. The molecule has 0 amide bonds. The van der Waals surface area contributed by atoms with Gasteiger partial charge in [-0.2, -0.15) is 0 Å². The van der Waals surface area contributed by atoms with Crippen LogP contribution >= 0.6 is 11.6 Å².